The van der Waals surface area contributed by atoms with E-state index in [-0.39, 0.29) is 6.61 Å². The van der Waals surface area contributed by atoms with Crippen LogP contribution in [0.5, 0.6) is 0 Å². The van der Waals surface area contributed by atoms with Crippen molar-refractivity contribution in [1.29, 1.82) is 0 Å². The molecule has 0 aromatic carbocycles. The van der Waals surface area contributed by atoms with Crippen LogP contribution < -0.4 is 4.99 Å². The molecular weight excluding hydrogens is 310 g/mol. The molecule has 2 heterocycles. The number of hydrogen-bond donors (Lipinski definition) is 1. The van der Waals surface area contributed by atoms with E-state index in [0.29, 0.717) is 5.90 Å². The van der Waals surface area contributed by atoms with E-state index < -0.39 is 48.6 Å². The molecule has 5 unspecified atom stereocenters. The van der Waals surface area contributed by atoms with Crippen LogP contribution in [-0.4, -0.2) is 61.1 Å². The molecule has 0 spiro atoms. The van der Waals surface area contributed by atoms with Crippen molar-refractivity contribution in [3.63, 3.8) is 0 Å². The lowest BCUT2D eigenvalue weighted by molar-refractivity contribution is -0.531. The quantitative estimate of drug-likeness (QED) is 0.467. The molecule has 128 valence electrons. The summed E-state index contributed by atoms with van der Waals surface area (Å²) in [5, 5.41) is 0. The average Bonchev–Trinajstić information content (AvgIpc) is 2.78. The van der Waals surface area contributed by atoms with Crippen molar-refractivity contribution in [1.82, 2.24) is 0 Å². The van der Waals surface area contributed by atoms with Crippen LogP contribution in [0.15, 0.2) is 0 Å². The molecule has 0 radical (unpaired) electrons. The van der Waals surface area contributed by atoms with Gasteiger partial charge in [-0.2, -0.15) is 0 Å². The first kappa shape index (κ1) is 17.2. The van der Waals surface area contributed by atoms with Gasteiger partial charge in [-0.25, -0.2) is 4.99 Å². The highest BCUT2D eigenvalue weighted by Crippen LogP contribution is 2.27. The molecule has 1 N–H and O–H groups in total. The van der Waals surface area contributed by atoms with Crippen LogP contribution in [0.25, 0.3) is 0 Å². The van der Waals surface area contributed by atoms with E-state index in [1.807, 2.05) is 0 Å². The van der Waals surface area contributed by atoms with E-state index in [1.54, 1.807) is 6.92 Å². The van der Waals surface area contributed by atoms with E-state index in [9.17, 15) is 14.4 Å². The summed E-state index contributed by atoms with van der Waals surface area (Å²) < 4.78 is 26.7. The number of fused-ring (bicyclic) bond motifs is 1. The molecule has 23 heavy (non-hydrogen) atoms. The van der Waals surface area contributed by atoms with Gasteiger partial charge in [-0.15, -0.1) is 0 Å². The number of carbonyl (C=O) groups is 3. The summed E-state index contributed by atoms with van der Waals surface area (Å²) in [6, 6.07) is -0.531. The first-order valence-corrected chi connectivity index (χ1v) is 7.18. The van der Waals surface area contributed by atoms with Crippen LogP contribution >= 0.6 is 0 Å². The molecule has 5 atom stereocenters. The second-order valence-electron chi connectivity index (χ2n) is 5.34. The summed E-state index contributed by atoms with van der Waals surface area (Å²) in [6.45, 7) is 5.27. The van der Waals surface area contributed by atoms with Gasteiger partial charge in [0.05, 0.1) is 6.92 Å². The van der Waals surface area contributed by atoms with E-state index >= 15 is 0 Å². The smallest absolute Gasteiger partial charge is 0.334 e. The molecule has 0 aromatic rings. The highest BCUT2D eigenvalue weighted by molar-refractivity contribution is 5.69. The second kappa shape index (κ2) is 6.95. The minimum Gasteiger partial charge on any atom is -0.463 e. The molecule has 0 aliphatic carbocycles. The zero-order valence-electron chi connectivity index (χ0n) is 13.4. The van der Waals surface area contributed by atoms with E-state index in [1.165, 1.54) is 20.8 Å². The molecule has 0 amide bonds. The van der Waals surface area contributed by atoms with Crippen LogP contribution in [0, 0.1) is 0 Å². The molecule has 0 saturated carbocycles. The lowest BCUT2D eigenvalue weighted by Gasteiger charge is -2.38. The van der Waals surface area contributed by atoms with Gasteiger partial charge in [0.25, 0.3) is 12.3 Å². The molecule has 0 bridgehead atoms. The van der Waals surface area contributed by atoms with Crippen LogP contribution in [0.1, 0.15) is 27.7 Å². The van der Waals surface area contributed by atoms with Crippen LogP contribution in [0.2, 0.25) is 0 Å². The minimum atomic E-state index is -0.931. The third-order valence-corrected chi connectivity index (χ3v) is 3.36. The normalized spacial score (nSPS) is 32.2. The maximum Gasteiger partial charge on any atom is 0.334 e. The third-order valence-electron chi connectivity index (χ3n) is 3.36. The Morgan fingerprint density at radius 2 is 1.65 bits per heavy atom. The fourth-order valence-corrected chi connectivity index (χ4v) is 2.60. The Labute approximate surface area is 132 Å². The first-order valence-electron chi connectivity index (χ1n) is 7.18. The van der Waals surface area contributed by atoms with E-state index in [4.69, 9.17) is 23.7 Å². The van der Waals surface area contributed by atoms with Crippen molar-refractivity contribution >= 4 is 23.8 Å². The highest BCUT2D eigenvalue weighted by Gasteiger charge is 2.57. The van der Waals surface area contributed by atoms with Crippen molar-refractivity contribution in [3.8, 4) is 0 Å². The van der Waals surface area contributed by atoms with Crippen molar-refractivity contribution < 1.29 is 43.1 Å². The summed E-state index contributed by atoms with van der Waals surface area (Å²) in [5.41, 5.74) is 0. The lowest BCUT2D eigenvalue weighted by atomic mass is 9.97. The topological polar surface area (TPSA) is 111 Å². The molecule has 2 rings (SSSR count). The Morgan fingerprint density at radius 1 is 1.04 bits per heavy atom. The van der Waals surface area contributed by atoms with Gasteiger partial charge in [0, 0.05) is 20.8 Å². The van der Waals surface area contributed by atoms with Crippen molar-refractivity contribution in [2.75, 3.05) is 6.61 Å². The van der Waals surface area contributed by atoms with Gasteiger partial charge in [-0.1, -0.05) is 0 Å². The number of hydrogen-bond acceptors (Lipinski definition) is 8. The third kappa shape index (κ3) is 4.19. The summed E-state index contributed by atoms with van der Waals surface area (Å²) in [6.07, 6.45) is -3.33. The zero-order valence-corrected chi connectivity index (χ0v) is 13.4. The maximum absolute atomic E-state index is 11.4. The molecule has 1 saturated heterocycles. The second-order valence-corrected chi connectivity index (χ2v) is 5.34. The van der Waals surface area contributed by atoms with Crippen molar-refractivity contribution in [2.45, 2.75) is 58.3 Å². The van der Waals surface area contributed by atoms with Crippen LogP contribution in [-0.2, 0) is 38.1 Å². The molecule has 1 fully saturated rings. The van der Waals surface area contributed by atoms with Gasteiger partial charge in [0.15, 0.2) is 6.10 Å². The van der Waals surface area contributed by atoms with Crippen LogP contribution in [0.3, 0.4) is 0 Å². The Morgan fingerprint density at radius 3 is 2.22 bits per heavy atom. The summed E-state index contributed by atoms with van der Waals surface area (Å²) in [4.78, 5) is 36.9. The Balaban J connectivity index is 2.26. The van der Waals surface area contributed by atoms with Gasteiger partial charge >= 0.3 is 23.8 Å². The first-order chi connectivity index (χ1) is 10.8. The number of ether oxygens (including phenoxy) is 5. The fraction of sp³-hybridized carbons (Fsp3) is 0.714. The highest BCUT2D eigenvalue weighted by atomic mass is 16.7. The predicted molar refractivity (Wildman–Crippen MR) is 72.9 cm³/mol. The predicted octanol–water partition coefficient (Wildman–Crippen LogP) is -1.96. The standard InChI is InChI=1S/C14H19NO8/c1-6-15-11-13(22-9(4)18)12(21-8(3)17)10(5-19-7(2)16)23-14(11)20-6/h10-14H,5H2,1-4H3/p+1. The fourth-order valence-electron chi connectivity index (χ4n) is 2.60. The van der Waals surface area contributed by atoms with Gasteiger partial charge in [-0.3, -0.25) is 14.4 Å². The summed E-state index contributed by atoms with van der Waals surface area (Å²) in [7, 11) is 0. The molecule has 9 heteroatoms. The van der Waals surface area contributed by atoms with Gasteiger partial charge in [-0.05, 0) is 0 Å². The minimum absolute atomic E-state index is 0.156. The Hall–Kier alpha value is -2.16. The Kier molecular flexibility index (Phi) is 5.19. The molecule has 2 aliphatic heterocycles. The zero-order chi connectivity index (χ0) is 17.1. The van der Waals surface area contributed by atoms with E-state index in [0.717, 1.165) is 0 Å². The number of carbonyl (C=O) groups excluding carboxylic acids is 3. The summed E-state index contributed by atoms with van der Waals surface area (Å²) in [5.74, 6) is -1.12. The number of nitrogens with one attached hydrogen (secondary N) is 1. The maximum atomic E-state index is 11.4. The molecule has 2 aliphatic rings. The molecule has 0 aromatic heterocycles. The molecule has 9 nitrogen and oxygen atoms in total. The van der Waals surface area contributed by atoms with Crippen molar-refractivity contribution in [2.24, 2.45) is 0 Å². The van der Waals surface area contributed by atoms with Gasteiger partial charge in [0.2, 0.25) is 6.10 Å². The summed E-state index contributed by atoms with van der Waals surface area (Å²) >= 11 is 0. The lowest BCUT2D eigenvalue weighted by Crippen LogP contribution is -2.85. The Bertz CT molecular complexity index is 531. The number of rotatable bonds is 4. The SMILES string of the molecule is CC(=O)OCC1OC2OC(C)=[NH+]C2C(OC(C)=O)C1OC(C)=O. The van der Waals surface area contributed by atoms with Gasteiger partial charge in [0.1, 0.15) is 12.7 Å². The largest absolute Gasteiger partial charge is 0.463 e. The van der Waals surface area contributed by atoms with E-state index in [2.05, 4.69) is 4.99 Å². The average molecular weight is 330 g/mol. The van der Waals surface area contributed by atoms with Gasteiger partial charge < -0.3 is 23.7 Å². The monoisotopic (exact) mass is 330 g/mol. The van der Waals surface area contributed by atoms with Crippen LogP contribution in [0.4, 0.5) is 0 Å². The molecular formula is C14H20NO8+. The number of esters is 3. The van der Waals surface area contributed by atoms with Crippen molar-refractivity contribution in [3.05, 3.63) is 0 Å².